The summed E-state index contributed by atoms with van der Waals surface area (Å²) in [6.45, 7) is 3.67. The van der Waals surface area contributed by atoms with Crippen molar-refractivity contribution in [1.82, 2.24) is 10.6 Å². The molecule has 0 bridgehead atoms. The van der Waals surface area contributed by atoms with E-state index in [0.717, 1.165) is 17.7 Å². The van der Waals surface area contributed by atoms with Crippen LogP contribution in [0.15, 0.2) is 47.5 Å². The van der Waals surface area contributed by atoms with Gasteiger partial charge in [0.15, 0.2) is 5.96 Å². The summed E-state index contributed by atoms with van der Waals surface area (Å²) in [7, 11) is 2.86. The van der Waals surface area contributed by atoms with Crippen LogP contribution in [-0.2, 0) is 17.8 Å². The number of halogens is 2. The largest absolute Gasteiger partial charge is 0.496 e. The first kappa shape index (κ1) is 24.0. The molecule has 0 unspecified atom stereocenters. The number of hydrogen-bond acceptors (Lipinski definition) is 4. The van der Waals surface area contributed by atoms with Crippen LogP contribution in [0.2, 0.25) is 5.02 Å². The first-order chi connectivity index (χ1) is 13.1. The Morgan fingerprint density at radius 2 is 1.89 bits per heavy atom. The first-order valence-electron chi connectivity index (χ1n) is 8.59. The third-order valence-electron chi connectivity index (χ3n) is 3.84. The van der Waals surface area contributed by atoms with Gasteiger partial charge in [-0.3, -0.25) is 0 Å². The lowest BCUT2D eigenvalue weighted by molar-refractivity contribution is 0.0597. The van der Waals surface area contributed by atoms with E-state index in [4.69, 9.17) is 21.1 Å². The number of methoxy groups -OCH3 is 2. The Bertz CT molecular complexity index is 815. The van der Waals surface area contributed by atoms with Crippen molar-refractivity contribution in [3.63, 3.8) is 0 Å². The maximum Gasteiger partial charge on any atom is 0.341 e. The molecule has 0 fully saturated rings. The number of rotatable bonds is 7. The van der Waals surface area contributed by atoms with Gasteiger partial charge in [-0.1, -0.05) is 35.9 Å². The minimum Gasteiger partial charge on any atom is -0.496 e. The van der Waals surface area contributed by atoms with Gasteiger partial charge in [0.1, 0.15) is 11.3 Å². The molecular formula is C20H25ClIN3O3. The number of aliphatic imine (C=N–C) groups is 1. The fourth-order valence-corrected chi connectivity index (χ4v) is 2.66. The second-order valence-electron chi connectivity index (χ2n) is 5.67. The first-order valence-corrected chi connectivity index (χ1v) is 8.97. The molecular weight excluding hydrogens is 493 g/mol. The maximum absolute atomic E-state index is 11.9. The monoisotopic (exact) mass is 517 g/mol. The molecule has 0 aliphatic rings. The third kappa shape index (κ3) is 6.87. The van der Waals surface area contributed by atoms with Crippen LogP contribution >= 0.6 is 35.6 Å². The zero-order chi connectivity index (χ0) is 19.6. The van der Waals surface area contributed by atoms with Gasteiger partial charge < -0.3 is 20.1 Å². The topological polar surface area (TPSA) is 72.0 Å². The van der Waals surface area contributed by atoms with Crippen molar-refractivity contribution in [3.8, 4) is 5.75 Å². The molecule has 6 nitrogen and oxygen atoms in total. The summed E-state index contributed by atoms with van der Waals surface area (Å²) in [6, 6.07) is 13.0. The number of nitrogens with one attached hydrogen (secondary N) is 2. The maximum atomic E-state index is 11.9. The van der Waals surface area contributed by atoms with Crippen molar-refractivity contribution in [1.29, 1.82) is 0 Å². The predicted molar refractivity (Wildman–Crippen MR) is 123 cm³/mol. The van der Waals surface area contributed by atoms with Gasteiger partial charge in [-0.05, 0) is 36.2 Å². The summed E-state index contributed by atoms with van der Waals surface area (Å²) in [6.07, 6.45) is 0. The van der Waals surface area contributed by atoms with E-state index < -0.39 is 5.97 Å². The van der Waals surface area contributed by atoms with Gasteiger partial charge in [0, 0.05) is 18.1 Å². The zero-order valence-corrected chi connectivity index (χ0v) is 19.2. The SMILES string of the molecule is CCNC(=NCc1ccc(OC)c(C(=O)OC)c1)NCc1ccccc1Cl.I. The fourth-order valence-electron chi connectivity index (χ4n) is 2.46. The number of esters is 1. The number of guanidine groups is 1. The lowest BCUT2D eigenvalue weighted by atomic mass is 10.1. The summed E-state index contributed by atoms with van der Waals surface area (Å²) in [5, 5.41) is 7.16. The van der Waals surface area contributed by atoms with Crippen molar-refractivity contribution in [2.45, 2.75) is 20.0 Å². The molecule has 0 radical (unpaired) electrons. The van der Waals surface area contributed by atoms with Crippen LogP contribution in [0.4, 0.5) is 0 Å². The number of hydrogen-bond donors (Lipinski definition) is 2. The molecule has 2 N–H and O–H groups in total. The Hall–Kier alpha value is -2.00. The van der Waals surface area contributed by atoms with Crippen molar-refractivity contribution in [3.05, 3.63) is 64.2 Å². The molecule has 0 aliphatic heterocycles. The molecule has 0 atom stereocenters. The highest BCUT2D eigenvalue weighted by molar-refractivity contribution is 14.0. The average Bonchev–Trinajstić information content (AvgIpc) is 2.70. The molecule has 0 spiro atoms. The summed E-state index contributed by atoms with van der Waals surface area (Å²) >= 11 is 6.19. The zero-order valence-electron chi connectivity index (χ0n) is 16.1. The number of benzene rings is 2. The Morgan fingerprint density at radius 3 is 2.54 bits per heavy atom. The molecule has 8 heteroatoms. The third-order valence-corrected chi connectivity index (χ3v) is 4.21. The number of carbonyl (C=O) groups excluding carboxylic acids is 1. The van der Waals surface area contributed by atoms with Crippen LogP contribution in [0, 0.1) is 0 Å². The molecule has 0 heterocycles. The second kappa shape index (κ2) is 12.5. The van der Waals surface area contributed by atoms with E-state index in [1.807, 2.05) is 37.3 Å². The summed E-state index contributed by atoms with van der Waals surface area (Å²) < 4.78 is 10.0. The van der Waals surface area contributed by atoms with Crippen molar-refractivity contribution in [2.75, 3.05) is 20.8 Å². The van der Waals surface area contributed by atoms with Gasteiger partial charge in [0.05, 0.1) is 20.8 Å². The molecule has 0 amide bonds. The van der Waals surface area contributed by atoms with Gasteiger partial charge >= 0.3 is 5.97 Å². The van der Waals surface area contributed by atoms with Gasteiger partial charge in [-0.15, -0.1) is 24.0 Å². The van der Waals surface area contributed by atoms with E-state index in [0.29, 0.717) is 35.4 Å². The van der Waals surface area contributed by atoms with E-state index >= 15 is 0 Å². The molecule has 152 valence electrons. The van der Waals surface area contributed by atoms with Crippen LogP contribution in [0.1, 0.15) is 28.4 Å². The van der Waals surface area contributed by atoms with Gasteiger partial charge in [-0.2, -0.15) is 0 Å². The van der Waals surface area contributed by atoms with Crippen LogP contribution in [0.25, 0.3) is 0 Å². The highest BCUT2D eigenvalue weighted by Gasteiger charge is 2.13. The standard InChI is InChI=1S/C20H24ClN3O3.HI/c1-4-22-20(24-13-15-7-5-6-8-17(15)21)23-12-14-9-10-18(26-2)16(11-14)19(25)27-3;/h5-11H,4,12-13H2,1-3H3,(H2,22,23,24);1H. The van der Waals surface area contributed by atoms with Crippen LogP contribution in [0.5, 0.6) is 5.75 Å². The van der Waals surface area contributed by atoms with Crippen molar-refractivity contribution in [2.24, 2.45) is 4.99 Å². The minimum atomic E-state index is -0.443. The molecule has 2 aromatic rings. The average molecular weight is 518 g/mol. The summed E-state index contributed by atoms with van der Waals surface area (Å²) in [4.78, 5) is 16.5. The molecule has 28 heavy (non-hydrogen) atoms. The highest BCUT2D eigenvalue weighted by atomic mass is 127. The fraction of sp³-hybridized carbons (Fsp3) is 0.300. The van der Waals surface area contributed by atoms with E-state index in [9.17, 15) is 4.79 Å². The predicted octanol–water partition coefficient (Wildman–Crippen LogP) is 4.01. The number of ether oxygens (including phenoxy) is 2. The molecule has 2 rings (SSSR count). The number of nitrogens with zero attached hydrogens (tertiary/aromatic N) is 1. The highest BCUT2D eigenvalue weighted by Crippen LogP contribution is 2.21. The van der Waals surface area contributed by atoms with E-state index in [1.54, 1.807) is 12.1 Å². The summed E-state index contributed by atoms with van der Waals surface area (Å²) in [5.74, 6) is 0.688. The lowest BCUT2D eigenvalue weighted by Crippen LogP contribution is -2.36. The van der Waals surface area contributed by atoms with Gasteiger partial charge in [0.25, 0.3) is 0 Å². The van der Waals surface area contributed by atoms with E-state index in [-0.39, 0.29) is 24.0 Å². The molecule has 2 aromatic carbocycles. The van der Waals surface area contributed by atoms with Crippen molar-refractivity contribution >= 4 is 47.5 Å². The van der Waals surface area contributed by atoms with Crippen molar-refractivity contribution < 1.29 is 14.3 Å². The minimum absolute atomic E-state index is 0. The molecule has 0 aliphatic carbocycles. The Balaban J connectivity index is 0.00000392. The van der Waals surface area contributed by atoms with Crippen LogP contribution in [0.3, 0.4) is 0 Å². The smallest absolute Gasteiger partial charge is 0.341 e. The Labute approximate surface area is 187 Å². The lowest BCUT2D eigenvalue weighted by Gasteiger charge is -2.13. The van der Waals surface area contributed by atoms with E-state index in [1.165, 1.54) is 14.2 Å². The molecule has 0 saturated heterocycles. The Kier molecular flexibility index (Phi) is 10.7. The van der Waals surface area contributed by atoms with Gasteiger partial charge in [-0.25, -0.2) is 9.79 Å². The van der Waals surface area contributed by atoms with Gasteiger partial charge in [0.2, 0.25) is 0 Å². The van der Waals surface area contributed by atoms with Crippen LogP contribution < -0.4 is 15.4 Å². The summed E-state index contributed by atoms with van der Waals surface area (Å²) in [5.41, 5.74) is 2.23. The van der Waals surface area contributed by atoms with Crippen LogP contribution in [-0.4, -0.2) is 32.7 Å². The second-order valence-corrected chi connectivity index (χ2v) is 6.07. The normalized spacial score (nSPS) is 10.6. The Morgan fingerprint density at radius 1 is 1.14 bits per heavy atom. The quantitative estimate of drug-likeness (QED) is 0.251. The number of carbonyl (C=O) groups is 1. The molecule has 0 aromatic heterocycles. The molecule has 0 saturated carbocycles. The van der Waals surface area contributed by atoms with E-state index in [2.05, 4.69) is 15.6 Å².